The Balaban J connectivity index is 1.77. The second kappa shape index (κ2) is 6.45. The first-order valence-electron chi connectivity index (χ1n) is 6.72. The summed E-state index contributed by atoms with van der Waals surface area (Å²) >= 11 is 1.67. The minimum atomic E-state index is -0.755. The van der Waals surface area contributed by atoms with Gasteiger partial charge in [-0.3, -0.25) is 4.79 Å². The Morgan fingerprint density at radius 3 is 2.95 bits per heavy atom. The lowest BCUT2D eigenvalue weighted by atomic mass is 9.90. The fraction of sp³-hybridized carbons (Fsp3) is 0.692. The molecule has 2 rings (SSSR count). The highest BCUT2D eigenvalue weighted by Gasteiger charge is 2.35. The van der Waals surface area contributed by atoms with Crippen LogP contribution in [0.3, 0.4) is 0 Å². The van der Waals surface area contributed by atoms with Gasteiger partial charge in [0.2, 0.25) is 5.91 Å². The summed E-state index contributed by atoms with van der Waals surface area (Å²) in [6, 6.07) is 0. The van der Waals surface area contributed by atoms with Gasteiger partial charge in [-0.1, -0.05) is 6.92 Å². The molecule has 19 heavy (non-hydrogen) atoms. The molecule has 1 saturated heterocycles. The van der Waals surface area contributed by atoms with E-state index in [1.807, 2.05) is 0 Å². The van der Waals surface area contributed by atoms with E-state index in [0.29, 0.717) is 32.6 Å². The lowest BCUT2D eigenvalue weighted by Crippen LogP contribution is -2.57. The Morgan fingerprint density at radius 2 is 2.32 bits per heavy atom. The number of aromatic nitrogens is 1. The number of rotatable bonds is 5. The maximum atomic E-state index is 12.1. The fourth-order valence-corrected chi connectivity index (χ4v) is 2.85. The molecule has 1 amide bonds. The van der Waals surface area contributed by atoms with Crippen LogP contribution in [0, 0.1) is 0 Å². The molecular formula is C13H21N3O2S. The average Bonchev–Trinajstić information content (AvgIpc) is 2.87. The largest absolute Gasteiger partial charge is 0.381 e. The van der Waals surface area contributed by atoms with Crippen molar-refractivity contribution >= 4 is 17.2 Å². The SMILES string of the molecule is CCc1nc(CCNC(=O)C2(N)CCOCC2)cs1. The van der Waals surface area contributed by atoms with Crippen LogP contribution in [0.4, 0.5) is 0 Å². The predicted octanol–water partition coefficient (Wildman–Crippen LogP) is 0.872. The summed E-state index contributed by atoms with van der Waals surface area (Å²) in [5, 5.41) is 6.11. The molecule has 3 N–H and O–H groups in total. The third kappa shape index (κ3) is 3.75. The first kappa shape index (κ1) is 14.4. The molecule has 0 atom stereocenters. The number of hydrogen-bond donors (Lipinski definition) is 2. The Hall–Kier alpha value is -0.980. The molecule has 0 bridgehead atoms. The van der Waals surface area contributed by atoms with Crippen molar-refractivity contribution in [2.24, 2.45) is 5.73 Å². The van der Waals surface area contributed by atoms with Gasteiger partial charge in [0.1, 0.15) is 0 Å². The van der Waals surface area contributed by atoms with Crippen LogP contribution in [0.25, 0.3) is 0 Å². The molecule has 0 saturated carbocycles. The number of hydrogen-bond acceptors (Lipinski definition) is 5. The smallest absolute Gasteiger partial charge is 0.240 e. The van der Waals surface area contributed by atoms with E-state index in [4.69, 9.17) is 10.5 Å². The van der Waals surface area contributed by atoms with Crippen LogP contribution >= 0.6 is 11.3 Å². The lowest BCUT2D eigenvalue weighted by Gasteiger charge is -2.31. The van der Waals surface area contributed by atoms with Gasteiger partial charge in [0, 0.05) is 31.6 Å². The minimum absolute atomic E-state index is 0.0678. The van der Waals surface area contributed by atoms with Crippen LogP contribution in [0.15, 0.2) is 5.38 Å². The summed E-state index contributed by atoms with van der Waals surface area (Å²) in [4.78, 5) is 16.5. The van der Waals surface area contributed by atoms with Gasteiger partial charge in [-0.05, 0) is 19.3 Å². The number of ether oxygens (including phenoxy) is 1. The second-order valence-electron chi connectivity index (χ2n) is 4.86. The standard InChI is InChI=1S/C13H21N3O2S/c1-2-11-16-10(9-19-11)3-6-15-12(17)13(14)4-7-18-8-5-13/h9H,2-8,14H2,1H3,(H,15,17). The maximum Gasteiger partial charge on any atom is 0.240 e. The van der Waals surface area contributed by atoms with Gasteiger partial charge in [0.25, 0.3) is 0 Å². The van der Waals surface area contributed by atoms with Crippen LogP contribution in [-0.2, 0) is 22.4 Å². The molecule has 1 fully saturated rings. The van der Waals surface area contributed by atoms with Crippen molar-refractivity contribution in [2.75, 3.05) is 19.8 Å². The highest BCUT2D eigenvalue weighted by Crippen LogP contribution is 2.17. The monoisotopic (exact) mass is 283 g/mol. The maximum absolute atomic E-state index is 12.1. The van der Waals surface area contributed by atoms with Gasteiger partial charge in [-0.15, -0.1) is 11.3 Å². The summed E-state index contributed by atoms with van der Waals surface area (Å²) in [5.41, 5.74) is 6.39. The molecule has 1 aromatic heterocycles. The van der Waals surface area contributed by atoms with E-state index in [1.54, 1.807) is 11.3 Å². The molecule has 1 aliphatic heterocycles. The number of carbonyl (C=O) groups is 1. The number of amides is 1. The third-order valence-electron chi connectivity index (χ3n) is 3.41. The van der Waals surface area contributed by atoms with Gasteiger partial charge in [0.05, 0.1) is 16.2 Å². The zero-order valence-corrected chi connectivity index (χ0v) is 12.1. The van der Waals surface area contributed by atoms with E-state index in [9.17, 15) is 4.79 Å². The van der Waals surface area contributed by atoms with Crippen LogP contribution in [-0.4, -0.2) is 36.2 Å². The minimum Gasteiger partial charge on any atom is -0.381 e. The topological polar surface area (TPSA) is 77.2 Å². The number of nitrogens with one attached hydrogen (secondary N) is 1. The van der Waals surface area contributed by atoms with Crippen molar-refractivity contribution in [3.63, 3.8) is 0 Å². The van der Waals surface area contributed by atoms with Crippen LogP contribution in [0.5, 0.6) is 0 Å². The lowest BCUT2D eigenvalue weighted by molar-refractivity contribution is -0.129. The number of carbonyl (C=O) groups excluding carboxylic acids is 1. The Bertz CT molecular complexity index is 427. The van der Waals surface area contributed by atoms with E-state index in [0.717, 1.165) is 23.5 Å². The Kier molecular flexibility index (Phi) is 4.90. The molecule has 1 aromatic rings. The predicted molar refractivity (Wildman–Crippen MR) is 75.2 cm³/mol. The molecule has 0 spiro atoms. The van der Waals surface area contributed by atoms with E-state index >= 15 is 0 Å². The first-order valence-corrected chi connectivity index (χ1v) is 7.60. The molecule has 0 aromatic carbocycles. The molecule has 0 aliphatic carbocycles. The average molecular weight is 283 g/mol. The van der Waals surface area contributed by atoms with Crippen molar-refractivity contribution in [1.29, 1.82) is 0 Å². The van der Waals surface area contributed by atoms with Crippen molar-refractivity contribution in [2.45, 2.75) is 38.1 Å². The van der Waals surface area contributed by atoms with E-state index in [-0.39, 0.29) is 5.91 Å². The van der Waals surface area contributed by atoms with Crippen molar-refractivity contribution in [3.8, 4) is 0 Å². The molecular weight excluding hydrogens is 262 g/mol. The summed E-state index contributed by atoms with van der Waals surface area (Å²) in [5.74, 6) is -0.0678. The quantitative estimate of drug-likeness (QED) is 0.840. The van der Waals surface area contributed by atoms with Crippen LogP contribution < -0.4 is 11.1 Å². The van der Waals surface area contributed by atoms with Crippen molar-refractivity contribution in [3.05, 3.63) is 16.1 Å². The van der Waals surface area contributed by atoms with Crippen molar-refractivity contribution in [1.82, 2.24) is 10.3 Å². The van der Waals surface area contributed by atoms with Crippen LogP contribution in [0.1, 0.15) is 30.5 Å². The zero-order valence-electron chi connectivity index (χ0n) is 11.3. The molecule has 0 unspecified atom stereocenters. The second-order valence-corrected chi connectivity index (χ2v) is 5.80. The van der Waals surface area contributed by atoms with E-state index in [2.05, 4.69) is 22.6 Å². The van der Waals surface area contributed by atoms with E-state index in [1.165, 1.54) is 0 Å². The first-order chi connectivity index (χ1) is 9.14. The number of nitrogens with two attached hydrogens (primary N) is 1. The van der Waals surface area contributed by atoms with Gasteiger partial charge in [0.15, 0.2) is 0 Å². The van der Waals surface area contributed by atoms with Crippen LogP contribution in [0.2, 0.25) is 0 Å². The Labute approximate surface area is 117 Å². The van der Waals surface area contributed by atoms with Gasteiger partial charge < -0.3 is 15.8 Å². The number of thiazole rings is 1. The molecule has 5 nitrogen and oxygen atoms in total. The summed E-state index contributed by atoms with van der Waals surface area (Å²) < 4.78 is 5.24. The summed E-state index contributed by atoms with van der Waals surface area (Å²) in [7, 11) is 0. The molecule has 2 heterocycles. The highest BCUT2D eigenvalue weighted by molar-refractivity contribution is 7.09. The van der Waals surface area contributed by atoms with Gasteiger partial charge in [-0.2, -0.15) is 0 Å². The zero-order chi connectivity index (χ0) is 13.7. The molecule has 0 radical (unpaired) electrons. The third-order valence-corrected chi connectivity index (χ3v) is 4.45. The van der Waals surface area contributed by atoms with Gasteiger partial charge in [-0.25, -0.2) is 4.98 Å². The van der Waals surface area contributed by atoms with Gasteiger partial charge >= 0.3 is 0 Å². The fourth-order valence-electron chi connectivity index (χ4n) is 2.07. The highest BCUT2D eigenvalue weighted by atomic mass is 32.1. The summed E-state index contributed by atoms with van der Waals surface area (Å²) in [6.45, 7) is 3.81. The number of aryl methyl sites for hydroxylation is 1. The summed E-state index contributed by atoms with van der Waals surface area (Å²) in [6.07, 6.45) is 2.91. The van der Waals surface area contributed by atoms with E-state index < -0.39 is 5.54 Å². The van der Waals surface area contributed by atoms with Crippen molar-refractivity contribution < 1.29 is 9.53 Å². The molecule has 106 valence electrons. The normalized spacial score (nSPS) is 18.2. The number of nitrogens with zero attached hydrogens (tertiary/aromatic N) is 1. The Morgan fingerprint density at radius 1 is 1.58 bits per heavy atom. The molecule has 1 aliphatic rings. The molecule has 6 heteroatoms.